The van der Waals surface area contributed by atoms with E-state index in [2.05, 4.69) is 0 Å². The molecule has 0 radical (unpaired) electrons. The van der Waals surface area contributed by atoms with Gasteiger partial charge in [0.05, 0.1) is 9.26 Å². The largest absolute Gasteiger partial charge is 0.398 e. The predicted molar refractivity (Wildman–Crippen MR) is 43.5 cm³/mol. The van der Waals surface area contributed by atoms with Gasteiger partial charge >= 0.3 is 0 Å². The zero-order valence-corrected chi connectivity index (χ0v) is 7.02. The average molecular weight is 255 g/mol. The van der Waals surface area contributed by atoms with E-state index in [0.717, 1.165) is 12.1 Å². The molecule has 0 heterocycles. The molecule has 0 fully saturated rings. The number of nitrogen functional groups attached to an aromatic ring is 1. The second-order valence-corrected chi connectivity index (χ2v) is 2.87. The monoisotopic (exact) mass is 255 g/mol. The van der Waals surface area contributed by atoms with Crippen molar-refractivity contribution in [2.45, 2.75) is 0 Å². The molecule has 54 valence electrons. The molecule has 10 heavy (non-hydrogen) atoms. The summed E-state index contributed by atoms with van der Waals surface area (Å²) in [4.78, 5) is 0. The van der Waals surface area contributed by atoms with Crippen LogP contribution < -0.4 is 5.73 Å². The molecule has 0 spiro atoms. The molecule has 0 aliphatic rings. The Morgan fingerprint density at radius 1 is 1.30 bits per heavy atom. The molecule has 2 N–H and O–H groups in total. The number of anilines is 1. The van der Waals surface area contributed by atoms with Gasteiger partial charge in [-0.05, 0) is 28.7 Å². The quantitative estimate of drug-likeness (QED) is 0.429. The minimum Gasteiger partial charge on any atom is -0.398 e. The molecular weight excluding hydrogens is 251 g/mol. The van der Waals surface area contributed by atoms with Crippen molar-refractivity contribution >= 4 is 28.3 Å². The Hall–Kier alpha value is -0.390. The molecule has 1 aromatic rings. The lowest BCUT2D eigenvalue weighted by Crippen LogP contribution is -1.93. The predicted octanol–water partition coefficient (Wildman–Crippen LogP) is 2.15. The van der Waals surface area contributed by atoms with Gasteiger partial charge in [0.25, 0.3) is 0 Å². The SMILES string of the molecule is Nc1cc(F)cc(F)c1I. The van der Waals surface area contributed by atoms with Crippen LogP contribution >= 0.6 is 22.6 Å². The lowest BCUT2D eigenvalue weighted by molar-refractivity contribution is 0.580. The number of hydrogen-bond acceptors (Lipinski definition) is 1. The highest BCUT2D eigenvalue weighted by molar-refractivity contribution is 14.1. The molecule has 1 nitrogen and oxygen atoms in total. The van der Waals surface area contributed by atoms with Gasteiger partial charge in [-0.25, -0.2) is 8.78 Å². The second-order valence-electron chi connectivity index (χ2n) is 1.79. The number of nitrogens with two attached hydrogens (primary N) is 1. The van der Waals surface area contributed by atoms with Crippen molar-refractivity contribution in [1.29, 1.82) is 0 Å². The first-order chi connectivity index (χ1) is 4.61. The van der Waals surface area contributed by atoms with Crippen LogP contribution in [0.15, 0.2) is 12.1 Å². The van der Waals surface area contributed by atoms with Crippen LogP contribution in [-0.2, 0) is 0 Å². The van der Waals surface area contributed by atoms with E-state index >= 15 is 0 Å². The maximum absolute atomic E-state index is 12.5. The summed E-state index contributed by atoms with van der Waals surface area (Å²) in [5, 5.41) is 0. The third-order valence-corrected chi connectivity index (χ3v) is 2.16. The third-order valence-electron chi connectivity index (χ3n) is 1.02. The molecule has 0 aliphatic heterocycles. The van der Waals surface area contributed by atoms with E-state index in [0.29, 0.717) is 0 Å². The molecule has 0 unspecified atom stereocenters. The standard InChI is InChI=1S/C6H4F2IN/c7-3-1-4(8)6(9)5(10)2-3/h1-2H,10H2. The highest BCUT2D eigenvalue weighted by atomic mass is 127. The van der Waals surface area contributed by atoms with Crippen LogP contribution in [0.25, 0.3) is 0 Å². The first-order valence-corrected chi connectivity index (χ1v) is 3.59. The molecule has 1 rings (SSSR count). The second kappa shape index (κ2) is 2.69. The number of hydrogen-bond donors (Lipinski definition) is 1. The zero-order valence-electron chi connectivity index (χ0n) is 4.87. The van der Waals surface area contributed by atoms with Crippen LogP contribution in [0.2, 0.25) is 0 Å². The molecule has 0 saturated carbocycles. The van der Waals surface area contributed by atoms with E-state index in [1.165, 1.54) is 0 Å². The van der Waals surface area contributed by atoms with E-state index in [4.69, 9.17) is 5.73 Å². The Morgan fingerprint density at radius 3 is 2.40 bits per heavy atom. The minimum absolute atomic E-state index is 0.137. The lowest BCUT2D eigenvalue weighted by atomic mass is 10.3. The normalized spacial score (nSPS) is 9.90. The molecule has 0 bridgehead atoms. The molecule has 4 heteroatoms. The average Bonchev–Trinajstić information content (AvgIpc) is 1.82. The lowest BCUT2D eigenvalue weighted by Gasteiger charge is -1.98. The van der Waals surface area contributed by atoms with E-state index in [1.807, 2.05) is 0 Å². The summed E-state index contributed by atoms with van der Waals surface area (Å²) in [5.74, 6) is -1.26. The summed E-state index contributed by atoms with van der Waals surface area (Å²) in [5.41, 5.74) is 5.37. The molecule has 0 aliphatic carbocycles. The number of benzene rings is 1. The van der Waals surface area contributed by atoms with Gasteiger partial charge in [0.15, 0.2) is 0 Å². The fourth-order valence-electron chi connectivity index (χ4n) is 0.576. The number of halogens is 3. The molecule has 0 saturated heterocycles. The van der Waals surface area contributed by atoms with Gasteiger partial charge in [0, 0.05) is 6.07 Å². The van der Waals surface area contributed by atoms with Crippen LogP contribution in [0.1, 0.15) is 0 Å². The Bertz CT molecular complexity index is 239. The zero-order chi connectivity index (χ0) is 7.72. The Morgan fingerprint density at radius 2 is 1.90 bits per heavy atom. The summed E-state index contributed by atoms with van der Waals surface area (Å²) in [6.45, 7) is 0. The molecule has 0 aromatic heterocycles. The van der Waals surface area contributed by atoms with Crippen LogP contribution in [0, 0.1) is 15.2 Å². The van der Waals surface area contributed by atoms with Crippen LogP contribution in [0.4, 0.5) is 14.5 Å². The summed E-state index contributed by atoms with van der Waals surface area (Å²) >= 11 is 1.72. The van der Waals surface area contributed by atoms with E-state index in [9.17, 15) is 8.78 Å². The maximum Gasteiger partial charge on any atom is 0.141 e. The van der Waals surface area contributed by atoms with E-state index in [-0.39, 0.29) is 9.26 Å². The summed E-state index contributed by atoms with van der Waals surface area (Å²) in [6, 6.07) is 1.89. The van der Waals surface area contributed by atoms with Gasteiger partial charge in [-0.2, -0.15) is 0 Å². The van der Waals surface area contributed by atoms with Crippen LogP contribution in [0.3, 0.4) is 0 Å². The Labute approximate surface area is 70.4 Å². The van der Waals surface area contributed by atoms with Gasteiger partial charge in [0.2, 0.25) is 0 Å². The Kier molecular flexibility index (Phi) is 2.08. The van der Waals surface area contributed by atoms with Crippen molar-refractivity contribution < 1.29 is 8.78 Å². The highest BCUT2D eigenvalue weighted by Gasteiger charge is 2.04. The van der Waals surface area contributed by atoms with Gasteiger partial charge in [-0.1, -0.05) is 0 Å². The van der Waals surface area contributed by atoms with Gasteiger partial charge in [0.1, 0.15) is 11.6 Å². The fourth-order valence-corrected chi connectivity index (χ4v) is 0.887. The van der Waals surface area contributed by atoms with Crippen molar-refractivity contribution in [3.8, 4) is 0 Å². The van der Waals surface area contributed by atoms with Gasteiger partial charge < -0.3 is 5.73 Å². The number of rotatable bonds is 0. The third kappa shape index (κ3) is 1.36. The summed E-state index contributed by atoms with van der Waals surface area (Å²) in [6.07, 6.45) is 0. The fraction of sp³-hybridized carbons (Fsp3) is 0. The van der Waals surface area contributed by atoms with Gasteiger partial charge in [-0.3, -0.25) is 0 Å². The highest BCUT2D eigenvalue weighted by Crippen LogP contribution is 2.19. The van der Waals surface area contributed by atoms with Crippen molar-refractivity contribution in [2.24, 2.45) is 0 Å². The molecule has 1 aromatic carbocycles. The molecule has 0 amide bonds. The topological polar surface area (TPSA) is 26.0 Å². The van der Waals surface area contributed by atoms with Crippen LogP contribution in [-0.4, -0.2) is 0 Å². The Balaban J connectivity index is 3.31. The van der Waals surface area contributed by atoms with E-state index < -0.39 is 11.6 Å². The summed E-state index contributed by atoms with van der Waals surface area (Å²) in [7, 11) is 0. The van der Waals surface area contributed by atoms with Crippen molar-refractivity contribution in [3.63, 3.8) is 0 Å². The van der Waals surface area contributed by atoms with Crippen LogP contribution in [0.5, 0.6) is 0 Å². The molecular formula is C6H4F2IN. The first-order valence-electron chi connectivity index (χ1n) is 2.51. The van der Waals surface area contributed by atoms with Crippen molar-refractivity contribution in [2.75, 3.05) is 5.73 Å². The summed E-state index contributed by atoms with van der Waals surface area (Å²) < 4.78 is 25.1. The molecule has 0 atom stereocenters. The minimum atomic E-state index is -0.643. The smallest absolute Gasteiger partial charge is 0.141 e. The van der Waals surface area contributed by atoms with Crippen molar-refractivity contribution in [1.82, 2.24) is 0 Å². The van der Waals surface area contributed by atoms with Crippen molar-refractivity contribution in [3.05, 3.63) is 27.3 Å². The van der Waals surface area contributed by atoms with Gasteiger partial charge in [-0.15, -0.1) is 0 Å². The maximum atomic E-state index is 12.5. The first kappa shape index (κ1) is 7.71. The van der Waals surface area contributed by atoms with E-state index in [1.54, 1.807) is 22.6 Å².